The zero-order chi connectivity index (χ0) is 16.4. The highest BCUT2D eigenvalue weighted by atomic mass is 19.1. The number of hydrogen-bond donors (Lipinski definition) is 0. The predicted molar refractivity (Wildman–Crippen MR) is 86.9 cm³/mol. The summed E-state index contributed by atoms with van der Waals surface area (Å²) in [5.74, 6) is 1.35. The van der Waals surface area contributed by atoms with Crippen molar-refractivity contribution in [2.45, 2.75) is 64.2 Å². The van der Waals surface area contributed by atoms with Gasteiger partial charge in [0.1, 0.15) is 23.3 Å². The number of nitrogens with zero attached hydrogens (tertiary/aromatic N) is 1. The molecule has 2 saturated carbocycles. The van der Waals surface area contributed by atoms with E-state index < -0.39 is 17.2 Å². The van der Waals surface area contributed by atoms with Gasteiger partial charge in [-0.25, -0.2) is 8.78 Å². The monoisotopic (exact) mass is 317 g/mol. The SMILES string of the molecule is CC1CCC(C2CCC(c3cc(F)c(C#N)c(F)c3)CC2)CC1. The van der Waals surface area contributed by atoms with Gasteiger partial charge in [-0.3, -0.25) is 0 Å². The van der Waals surface area contributed by atoms with Gasteiger partial charge < -0.3 is 0 Å². The van der Waals surface area contributed by atoms with E-state index in [2.05, 4.69) is 6.92 Å². The van der Waals surface area contributed by atoms with E-state index in [1.807, 2.05) is 0 Å². The summed E-state index contributed by atoms with van der Waals surface area (Å²) in [7, 11) is 0. The molecule has 124 valence electrons. The Morgan fingerprint density at radius 2 is 1.35 bits per heavy atom. The number of nitriles is 1. The normalized spacial score (nSPS) is 31.6. The van der Waals surface area contributed by atoms with E-state index in [0.29, 0.717) is 0 Å². The quantitative estimate of drug-likeness (QED) is 0.662. The molecule has 3 rings (SSSR count). The van der Waals surface area contributed by atoms with Crippen LogP contribution in [0.2, 0.25) is 0 Å². The molecule has 0 N–H and O–H groups in total. The van der Waals surface area contributed by atoms with Crippen molar-refractivity contribution >= 4 is 0 Å². The smallest absolute Gasteiger partial charge is 0.144 e. The second kappa shape index (κ2) is 6.99. The van der Waals surface area contributed by atoms with Crippen molar-refractivity contribution in [3.05, 3.63) is 34.9 Å². The lowest BCUT2D eigenvalue weighted by molar-refractivity contribution is 0.165. The van der Waals surface area contributed by atoms with Crippen LogP contribution in [0.25, 0.3) is 0 Å². The van der Waals surface area contributed by atoms with Crippen LogP contribution in [0, 0.1) is 40.7 Å². The van der Waals surface area contributed by atoms with Gasteiger partial charge in [-0.05, 0) is 79.9 Å². The maximum Gasteiger partial charge on any atom is 0.144 e. The Balaban J connectivity index is 1.62. The van der Waals surface area contributed by atoms with Gasteiger partial charge in [0.2, 0.25) is 0 Å². The molecule has 0 aliphatic heterocycles. The molecule has 2 aliphatic rings. The van der Waals surface area contributed by atoms with E-state index in [9.17, 15) is 8.78 Å². The van der Waals surface area contributed by atoms with E-state index in [-0.39, 0.29) is 5.92 Å². The van der Waals surface area contributed by atoms with Gasteiger partial charge in [0.05, 0.1) is 0 Å². The Labute approximate surface area is 137 Å². The van der Waals surface area contributed by atoms with Gasteiger partial charge in [-0.2, -0.15) is 5.26 Å². The zero-order valence-electron chi connectivity index (χ0n) is 13.8. The maximum atomic E-state index is 13.8. The first kappa shape index (κ1) is 16.4. The minimum absolute atomic E-state index is 0.241. The minimum Gasteiger partial charge on any atom is -0.205 e. The van der Waals surface area contributed by atoms with Crippen LogP contribution in [0.15, 0.2) is 12.1 Å². The molecule has 3 heteroatoms. The molecule has 0 spiro atoms. The van der Waals surface area contributed by atoms with E-state index in [0.717, 1.165) is 36.2 Å². The fourth-order valence-corrected chi connectivity index (χ4v) is 4.62. The molecule has 1 nitrogen and oxygen atoms in total. The van der Waals surface area contributed by atoms with Crippen LogP contribution in [0.4, 0.5) is 8.78 Å². The largest absolute Gasteiger partial charge is 0.205 e. The predicted octanol–water partition coefficient (Wildman–Crippen LogP) is 5.94. The standard InChI is InChI=1S/C20H25F2N/c1-13-2-4-14(5-3-13)15-6-8-16(9-7-15)17-10-19(21)18(12-23)20(22)11-17/h10-11,13-16H,2-9H2,1H3. The molecule has 1 aromatic rings. The van der Waals surface area contributed by atoms with Crippen molar-refractivity contribution in [1.29, 1.82) is 5.26 Å². The van der Waals surface area contributed by atoms with E-state index >= 15 is 0 Å². The average Bonchev–Trinajstić information content (AvgIpc) is 2.55. The Bertz CT molecular complexity index is 565. The van der Waals surface area contributed by atoms with Crippen LogP contribution in [0.3, 0.4) is 0 Å². The van der Waals surface area contributed by atoms with Gasteiger partial charge in [0, 0.05) is 0 Å². The summed E-state index contributed by atoms with van der Waals surface area (Å²) in [6, 6.07) is 4.34. The summed E-state index contributed by atoms with van der Waals surface area (Å²) < 4.78 is 27.6. The lowest BCUT2D eigenvalue weighted by Gasteiger charge is -2.37. The Kier molecular flexibility index (Phi) is 4.99. The van der Waals surface area contributed by atoms with E-state index in [1.54, 1.807) is 6.07 Å². The molecule has 0 unspecified atom stereocenters. The highest BCUT2D eigenvalue weighted by molar-refractivity contribution is 5.36. The first-order valence-electron chi connectivity index (χ1n) is 8.97. The fraction of sp³-hybridized carbons (Fsp3) is 0.650. The van der Waals surface area contributed by atoms with Gasteiger partial charge >= 0.3 is 0 Å². The van der Waals surface area contributed by atoms with Gasteiger partial charge in [0.15, 0.2) is 0 Å². The summed E-state index contributed by atoms with van der Waals surface area (Å²) in [5.41, 5.74) is 0.272. The lowest BCUT2D eigenvalue weighted by Crippen LogP contribution is -2.24. The molecule has 0 heterocycles. The molecule has 0 bridgehead atoms. The zero-order valence-corrected chi connectivity index (χ0v) is 13.8. The van der Waals surface area contributed by atoms with Gasteiger partial charge in [-0.15, -0.1) is 0 Å². The molecule has 2 fully saturated rings. The second-order valence-corrected chi connectivity index (χ2v) is 7.60. The molecular weight excluding hydrogens is 292 g/mol. The van der Waals surface area contributed by atoms with Crippen molar-refractivity contribution in [3.63, 3.8) is 0 Å². The summed E-state index contributed by atoms with van der Waals surface area (Å²) in [6.45, 7) is 2.35. The Morgan fingerprint density at radius 3 is 1.83 bits per heavy atom. The maximum absolute atomic E-state index is 13.8. The number of halogens is 2. The van der Waals surface area contributed by atoms with Crippen LogP contribution < -0.4 is 0 Å². The number of rotatable bonds is 2. The second-order valence-electron chi connectivity index (χ2n) is 7.60. The highest BCUT2D eigenvalue weighted by Crippen LogP contribution is 2.44. The first-order chi connectivity index (χ1) is 11.1. The summed E-state index contributed by atoms with van der Waals surface area (Å²) in [4.78, 5) is 0. The van der Waals surface area contributed by atoms with Crippen molar-refractivity contribution in [1.82, 2.24) is 0 Å². The average molecular weight is 317 g/mol. The fourth-order valence-electron chi connectivity index (χ4n) is 4.62. The molecule has 23 heavy (non-hydrogen) atoms. The van der Waals surface area contributed by atoms with Crippen LogP contribution >= 0.6 is 0 Å². The van der Waals surface area contributed by atoms with Crippen LogP contribution in [-0.2, 0) is 0 Å². The van der Waals surface area contributed by atoms with Crippen LogP contribution in [0.5, 0.6) is 0 Å². The first-order valence-corrected chi connectivity index (χ1v) is 8.97. The molecule has 0 atom stereocenters. The number of benzene rings is 1. The Hall–Kier alpha value is -1.43. The van der Waals surface area contributed by atoms with Gasteiger partial charge in [-0.1, -0.05) is 19.8 Å². The number of hydrogen-bond acceptors (Lipinski definition) is 1. The van der Waals surface area contributed by atoms with Crippen LogP contribution in [-0.4, -0.2) is 0 Å². The van der Waals surface area contributed by atoms with Gasteiger partial charge in [0.25, 0.3) is 0 Å². The van der Waals surface area contributed by atoms with Crippen molar-refractivity contribution in [3.8, 4) is 6.07 Å². The van der Waals surface area contributed by atoms with Crippen molar-refractivity contribution in [2.24, 2.45) is 17.8 Å². The molecule has 0 radical (unpaired) electrons. The summed E-state index contributed by atoms with van der Waals surface area (Å²) in [5, 5.41) is 8.77. The highest BCUT2D eigenvalue weighted by Gasteiger charge is 2.30. The molecular formula is C20H25F2N. The van der Waals surface area contributed by atoms with Crippen LogP contribution in [0.1, 0.15) is 75.3 Å². The van der Waals surface area contributed by atoms with E-state index in [4.69, 9.17) is 5.26 Å². The third-order valence-corrected chi connectivity index (χ3v) is 6.15. The molecule has 0 aromatic heterocycles. The topological polar surface area (TPSA) is 23.8 Å². The van der Waals surface area contributed by atoms with Crippen molar-refractivity contribution in [2.75, 3.05) is 0 Å². The summed E-state index contributed by atoms with van der Waals surface area (Å²) in [6.07, 6.45) is 9.81. The Morgan fingerprint density at radius 1 is 0.870 bits per heavy atom. The molecule has 1 aromatic carbocycles. The third-order valence-electron chi connectivity index (χ3n) is 6.15. The summed E-state index contributed by atoms with van der Waals surface area (Å²) >= 11 is 0. The van der Waals surface area contributed by atoms with E-state index in [1.165, 1.54) is 50.7 Å². The molecule has 0 saturated heterocycles. The molecule has 0 amide bonds. The third kappa shape index (κ3) is 3.57. The lowest BCUT2D eigenvalue weighted by atomic mass is 9.68. The van der Waals surface area contributed by atoms with Crippen molar-refractivity contribution < 1.29 is 8.78 Å². The minimum atomic E-state index is -0.717. The molecule has 2 aliphatic carbocycles.